The third-order valence-corrected chi connectivity index (χ3v) is 4.40. The Labute approximate surface area is 117 Å². The maximum atomic E-state index is 12.0. The molecule has 1 aliphatic carbocycles. The van der Waals surface area contributed by atoms with E-state index < -0.39 is 6.04 Å². The fourth-order valence-electron chi connectivity index (χ4n) is 2.41. The van der Waals surface area contributed by atoms with Crippen molar-refractivity contribution in [2.75, 3.05) is 0 Å². The molecule has 0 radical (unpaired) electrons. The van der Waals surface area contributed by atoms with Gasteiger partial charge in [0.1, 0.15) is 6.04 Å². The van der Waals surface area contributed by atoms with Crippen molar-refractivity contribution in [1.82, 2.24) is 10.6 Å². The fourth-order valence-corrected chi connectivity index (χ4v) is 3.03. The molecule has 0 spiro atoms. The van der Waals surface area contributed by atoms with Crippen LogP contribution < -0.4 is 10.6 Å². The molecule has 1 aromatic heterocycles. The van der Waals surface area contributed by atoms with Gasteiger partial charge in [0.25, 0.3) is 5.91 Å². The molecule has 0 aromatic carbocycles. The van der Waals surface area contributed by atoms with Crippen molar-refractivity contribution in [3.8, 4) is 0 Å². The third kappa shape index (κ3) is 3.80. The van der Waals surface area contributed by atoms with Gasteiger partial charge in [0.15, 0.2) is 0 Å². The van der Waals surface area contributed by atoms with Crippen molar-refractivity contribution < 1.29 is 9.59 Å². The lowest BCUT2D eigenvalue weighted by Crippen LogP contribution is -2.47. The second kappa shape index (κ2) is 6.19. The van der Waals surface area contributed by atoms with Crippen LogP contribution in [0.15, 0.2) is 17.5 Å². The first-order valence-electron chi connectivity index (χ1n) is 6.71. The van der Waals surface area contributed by atoms with Crippen molar-refractivity contribution in [3.63, 3.8) is 0 Å². The average Bonchev–Trinajstić information content (AvgIpc) is 3.00. The minimum atomic E-state index is -0.495. The molecule has 0 bridgehead atoms. The van der Waals surface area contributed by atoms with E-state index in [1.54, 1.807) is 13.0 Å². The minimum absolute atomic E-state index is 0.0935. The Morgan fingerprint density at radius 2 is 2.21 bits per heavy atom. The normalized spacial score (nSPS) is 23.9. The predicted octanol–water partition coefficient (Wildman–Crippen LogP) is 2.17. The molecule has 4 nitrogen and oxygen atoms in total. The van der Waals surface area contributed by atoms with E-state index in [4.69, 9.17) is 0 Å². The van der Waals surface area contributed by atoms with E-state index in [9.17, 15) is 9.59 Å². The van der Waals surface area contributed by atoms with Crippen LogP contribution in [0.1, 0.15) is 42.8 Å². The largest absolute Gasteiger partial charge is 0.352 e. The standard InChI is InChI=1S/C14H20N2O2S/c1-9-5-6-11(8-9)16-13(17)10(2)15-14(18)12-4-3-7-19-12/h3-4,7,9-11H,5-6,8H2,1-2H3,(H,15,18)(H,16,17). The lowest BCUT2D eigenvalue weighted by molar-refractivity contribution is -0.123. The predicted molar refractivity (Wildman–Crippen MR) is 76.2 cm³/mol. The van der Waals surface area contributed by atoms with Crippen LogP contribution in [0.4, 0.5) is 0 Å². The summed E-state index contributed by atoms with van der Waals surface area (Å²) in [5, 5.41) is 7.58. The van der Waals surface area contributed by atoms with Crippen molar-refractivity contribution in [1.29, 1.82) is 0 Å². The Bertz CT molecular complexity index is 444. The third-order valence-electron chi connectivity index (χ3n) is 3.53. The van der Waals surface area contributed by atoms with Gasteiger partial charge in [-0.3, -0.25) is 9.59 Å². The van der Waals surface area contributed by atoms with Crippen LogP contribution in [0.2, 0.25) is 0 Å². The summed E-state index contributed by atoms with van der Waals surface area (Å²) in [7, 11) is 0. The Kier molecular flexibility index (Phi) is 4.58. The van der Waals surface area contributed by atoms with Crippen molar-refractivity contribution >= 4 is 23.2 Å². The van der Waals surface area contributed by atoms with Gasteiger partial charge in [-0.1, -0.05) is 13.0 Å². The molecule has 3 unspecified atom stereocenters. The maximum Gasteiger partial charge on any atom is 0.261 e. The van der Waals surface area contributed by atoms with Gasteiger partial charge >= 0.3 is 0 Å². The van der Waals surface area contributed by atoms with E-state index in [0.717, 1.165) is 12.8 Å². The van der Waals surface area contributed by atoms with Crippen LogP contribution in [-0.2, 0) is 4.79 Å². The highest BCUT2D eigenvalue weighted by molar-refractivity contribution is 7.12. The van der Waals surface area contributed by atoms with E-state index in [-0.39, 0.29) is 17.9 Å². The molecule has 2 amide bonds. The molecule has 104 valence electrons. The van der Waals surface area contributed by atoms with Crippen LogP contribution in [0, 0.1) is 5.92 Å². The molecule has 1 saturated carbocycles. The summed E-state index contributed by atoms with van der Waals surface area (Å²) in [6.07, 6.45) is 3.25. The summed E-state index contributed by atoms with van der Waals surface area (Å²) in [4.78, 5) is 24.5. The number of carbonyl (C=O) groups is 2. The summed E-state index contributed by atoms with van der Waals surface area (Å²) in [5.74, 6) is 0.405. The van der Waals surface area contributed by atoms with Crippen molar-refractivity contribution in [3.05, 3.63) is 22.4 Å². The topological polar surface area (TPSA) is 58.2 Å². The summed E-state index contributed by atoms with van der Waals surface area (Å²) in [5.41, 5.74) is 0. The molecule has 2 N–H and O–H groups in total. The van der Waals surface area contributed by atoms with Crippen LogP contribution in [-0.4, -0.2) is 23.9 Å². The van der Waals surface area contributed by atoms with Crippen LogP contribution in [0.5, 0.6) is 0 Å². The summed E-state index contributed by atoms with van der Waals surface area (Å²) in [6, 6.07) is 3.35. The number of hydrogen-bond acceptors (Lipinski definition) is 3. The maximum absolute atomic E-state index is 12.0. The quantitative estimate of drug-likeness (QED) is 0.888. The number of nitrogens with one attached hydrogen (secondary N) is 2. The second-order valence-electron chi connectivity index (χ2n) is 5.30. The van der Waals surface area contributed by atoms with Crippen molar-refractivity contribution in [2.24, 2.45) is 5.92 Å². The SMILES string of the molecule is CC1CCC(NC(=O)C(C)NC(=O)c2cccs2)C1. The molecular formula is C14H20N2O2S. The van der Waals surface area contributed by atoms with Gasteiger partial charge in [-0.25, -0.2) is 0 Å². The minimum Gasteiger partial charge on any atom is -0.352 e. The van der Waals surface area contributed by atoms with Gasteiger partial charge < -0.3 is 10.6 Å². The summed E-state index contributed by atoms with van der Waals surface area (Å²) < 4.78 is 0. The number of thiophene rings is 1. The zero-order valence-electron chi connectivity index (χ0n) is 11.3. The van der Waals surface area contributed by atoms with Gasteiger partial charge in [-0.15, -0.1) is 11.3 Å². The zero-order valence-corrected chi connectivity index (χ0v) is 12.1. The number of hydrogen-bond donors (Lipinski definition) is 2. The van der Waals surface area contributed by atoms with Crippen LogP contribution in [0.25, 0.3) is 0 Å². The van der Waals surface area contributed by atoms with Gasteiger partial charge in [0.2, 0.25) is 5.91 Å². The fraction of sp³-hybridized carbons (Fsp3) is 0.571. The molecule has 3 atom stereocenters. The first-order chi connectivity index (χ1) is 9.06. The highest BCUT2D eigenvalue weighted by atomic mass is 32.1. The molecule has 5 heteroatoms. The Balaban J connectivity index is 1.81. The molecule has 1 heterocycles. The lowest BCUT2D eigenvalue weighted by atomic mass is 10.1. The first kappa shape index (κ1) is 14.1. The molecule has 2 rings (SSSR count). The number of amides is 2. The first-order valence-corrected chi connectivity index (χ1v) is 7.59. The van der Waals surface area contributed by atoms with Crippen LogP contribution >= 0.6 is 11.3 Å². The van der Waals surface area contributed by atoms with Crippen LogP contribution in [0.3, 0.4) is 0 Å². The Morgan fingerprint density at radius 1 is 1.42 bits per heavy atom. The van der Waals surface area contributed by atoms with Gasteiger partial charge in [0, 0.05) is 6.04 Å². The highest BCUT2D eigenvalue weighted by Crippen LogP contribution is 2.24. The average molecular weight is 280 g/mol. The van der Waals surface area contributed by atoms with Gasteiger partial charge in [-0.2, -0.15) is 0 Å². The number of rotatable bonds is 4. The molecule has 1 aromatic rings. The van der Waals surface area contributed by atoms with E-state index in [2.05, 4.69) is 17.6 Å². The van der Waals surface area contributed by atoms with Crippen molar-refractivity contribution in [2.45, 2.75) is 45.2 Å². The number of carbonyl (C=O) groups excluding carboxylic acids is 2. The zero-order chi connectivity index (χ0) is 13.8. The Morgan fingerprint density at radius 3 is 2.79 bits per heavy atom. The molecule has 0 saturated heterocycles. The van der Waals surface area contributed by atoms with E-state index in [0.29, 0.717) is 10.8 Å². The smallest absolute Gasteiger partial charge is 0.261 e. The summed E-state index contributed by atoms with van der Waals surface area (Å²) >= 11 is 1.37. The van der Waals surface area contributed by atoms with E-state index in [1.165, 1.54) is 17.8 Å². The van der Waals surface area contributed by atoms with Gasteiger partial charge in [-0.05, 0) is 43.6 Å². The van der Waals surface area contributed by atoms with Gasteiger partial charge in [0.05, 0.1) is 4.88 Å². The molecular weight excluding hydrogens is 260 g/mol. The van der Waals surface area contributed by atoms with E-state index >= 15 is 0 Å². The molecule has 1 aliphatic rings. The van der Waals surface area contributed by atoms with E-state index in [1.807, 2.05) is 11.4 Å². The lowest BCUT2D eigenvalue weighted by Gasteiger charge is -2.17. The monoisotopic (exact) mass is 280 g/mol. The highest BCUT2D eigenvalue weighted by Gasteiger charge is 2.25. The molecule has 1 fully saturated rings. The second-order valence-corrected chi connectivity index (χ2v) is 6.24. The Hall–Kier alpha value is -1.36. The molecule has 0 aliphatic heterocycles. The molecule has 19 heavy (non-hydrogen) atoms. The summed E-state index contributed by atoms with van der Waals surface area (Å²) in [6.45, 7) is 3.92.